The van der Waals surface area contributed by atoms with Crippen LogP contribution in [-0.2, 0) is 6.54 Å². The Hall–Kier alpha value is -2.22. The van der Waals surface area contributed by atoms with E-state index in [9.17, 15) is 4.79 Å². The summed E-state index contributed by atoms with van der Waals surface area (Å²) < 4.78 is 3.55. The Bertz CT molecular complexity index is 612. The summed E-state index contributed by atoms with van der Waals surface area (Å²) in [7, 11) is 0. The maximum absolute atomic E-state index is 12.1. The van der Waals surface area contributed by atoms with Crippen molar-refractivity contribution in [3.8, 4) is 0 Å². The molecule has 8 heteroatoms. The second-order valence-corrected chi connectivity index (χ2v) is 5.10. The minimum atomic E-state index is -0.258. The first-order valence-electron chi connectivity index (χ1n) is 7.22. The SMILES string of the molecule is CCn1cc(NC(=O)c2cn(C3CCNCC3)nn2)cn1. The number of nitrogens with zero attached hydrogens (tertiary/aromatic N) is 5. The monoisotopic (exact) mass is 289 g/mol. The molecule has 3 rings (SSSR count). The zero-order valence-electron chi connectivity index (χ0n) is 12.0. The molecule has 0 unspecified atom stereocenters. The van der Waals surface area contributed by atoms with Crippen LogP contribution in [0.25, 0.3) is 0 Å². The average molecular weight is 289 g/mol. The van der Waals surface area contributed by atoms with Crippen molar-refractivity contribution in [1.29, 1.82) is 0 Å². The number of rotatable bonds is 4. The molecule has 1 saturated heterocycles. The first kappa shape index (κ1) is 13.7. The molecule has 2 aromatic heterocycles. The number of carbonyl (C=O) groups is 1. The minimum absolute atomic E-state index is 0.258. The molecule has 21 heavy (non-hydrogen) atoms. The van der Waals surface area contributed by atoms with Gasteiger partial charge in [0.15, 0.2) is 5.69 Å². The molecule has 0 radical (unpaired) electrons. The van der Waals surface area contributed by atoms with Crippen LogP contribution in [0.5, 0.6) is 0 Å². The molecule has 8 nitrogen and oxygen atoms in total. The molecule has 1 fully saturated rings. The molecule has 0 aliphatic carbocycles. The van der Waals surface area contributed by atoms with Crippen LogP contribution in [0.4, 0.5) is 5.69 Å². The van der Waals surface area contributed by atoms with Gasteiger partial charge in [0.25, 0.3) is 5.91 Å². The number of carbonyl (C=O) groups excluding carboxylic acids is 1. The van der Waals surface area contributed by atoms with Crippen molar-refractivity contribution in [2.75, 3.05) is 18.4 Å². The van der Waals surface area contributed by atoms with Crippen LogP contribution in [0, 0.1) is 0 Å². The first-order valence-corrected chi connectivity index (χ1v) is 7.22. The van der Waals surface area contributed by atoms with E-state index in [1.54, 1.807) is 28.0 Å². The Kier molecular flexibility index (Phi) is 3.96. The van der Waals surface area contributed by atoms with E-state index in [-0.39, 0.29) is 5.91 Å². The number of nitrogens with one attached hydrogen (secondary N) is 2. The lowest BCUT2D eigenvalue weighted by Crippen LogP contribution is -2.29. The van der Waals surface area contributed by atoms with E-state index < -0.39 is 0 Å². The van der Waals surface area contributed by atoms with Gasteiger partial charge in [-0.15, -0.1) is 5.10 Å². The van der Waals surface area contributed by atoms with Crippen molar-refractivity contribution in [1.82, 2.24) is 30.1 Å². The van der Waals surface area contributed by atoms with E-state index in [4.69, 9.17) is 0 Å². The zero-order valence-corrected chi connectivity index (χ0v) is 12.0. The van der Waals surface area contributed by atoms with Gasteiger partial charge in [-0.25, -0.2) is 4.68 Å². The Balaban J connectivity index is 1.66. The lowest BCUT2D eigenvalue weighted by atomic mass is 10.1. The number of aromatic nitrogens is 5. The quantitative estimate of drug-likeness (QED) is 0.863. The number of amides is 1. The Morgan fingerprint density at radius 2 is 2.24 bits per heavy atom. The summed E-state index contributed by atoms with van der Waals surface area (Å²) >= 11 is 0. The van der Waals surface area contributed by atoms with Gasteiger partial charge >= 0.3 is 0 Å². The fourth-order valence-corrected chi connectivity index (χ4v) is 2.43. The molecule has 0 saturated carbocycles. The minimum Gasteiger partial charge on any atom is -0.318 e. The molecule has 0 aromatic carbocycles. The third-order valence-corrected chi connectivity index (χ3v) is 3.64. The van der Waals surface area contributed by atoms with E-state index in [1.165, 1.54) is 0 Å². The standard InChI is InChI=1S/C13H19N7O/c1-2-19-8-10(7-15-19)16-13(21)12-9-20(18-17-12)11-3-5-14-6-4-11/h7-9,11,14H,2-6H2,1H3,(H,16,21). The van der Waals surface area contributed by atoms with E-state index in [0.29, 0.717) is 17.4 Å². The average Bonchev–Trinajstić information content (AvgIpc) is 3.17. The fourth-order valence-electron chi connectivity index (χ4n) is 2.43. The van der Waals surface area contributed by atoms with Gasteiger partial charge in [0.1, 0.15) is 0 Å². The Morgan fingerprint density at radius 3 is 2.95 bits per heavy atom. The van der Waals surface area contributed by atoms with Gasteiger partial charge in [-0.3, -0.25) is 9.48 Å². The molecule has 1 amide bonds. The van der Waals surface area contributed by atoms with Crippen LogP contribution < -0.4 is 10.6 Å². The molecule has 0 bridgehead atoms. The molecular weight excluding hydrogens is 270 g/mol. The molecule has 112 valence electrons. The normalized spacial score (nSPS) is 16.0. The number of hydrogen-bond acceptors (Lipinski definition) is 5. The second-order valence-electron chi connectivity index (χ2n) is 5.10. The molecule has 0 atom stereocenters. The van der Waals surface area contributed by atoms with Gasteiger partial charge < -0.3 is 10.6 Å². The topological polar surface area (TPSA) is 89.7 Å². The predicted molar refractivity (Wildman–Crippen MR) is 77.0 cm³/mol. The molecule has 2 aromatic rings. The molecular formula is C13H19N7O. The molecule has 1 aliphatic heterocycles. The molecule has 2 N–H and O–H groups in total. The van der Waals surface area contributed by atoms with Crippen molar-refractivity contribution in [3.63, 3.8) is 0 Å². The van der Waals surface area contributed by atoms with Crippen LogP contribution in [0.2, 0.25) is 0 Å². The van der Waals surface area contributed by atoms with Crippen molar-refractivity contribution in [2.45, 2.75) is 32.4 Å². The van der Waals surface area contributed by atoms with E-state index in [1.807, 2.05) is 6.92 Å². The number of hydrogen-bond donors (Lipinski definition) is 2. The summed E-state index contributed by atoms with van der Waals surface area (Å²) in [6, 6.07) is 0.322. The van der Waals surface area contributed by atoms with E-state index in [2.05, 4.69) is 26.0 Å². The van der Waals surface area contributed by atoms with Crippen LogP contribution >= 0.6 is 0 Å². The predicted octanol–water partition coefficient (Wildman–Crippen LogP) is 0.671. The maximum atomic E-state index is 12.1. The van der Waals surface area contributed by atoms with Gasteiger partial charge in [-0.2, -0.15) is 5.10 Å². The van der Waals surface area contributed by atoms with Gasteiger partial charge in [-0.05, 0) is 32.9 Å². The second kappa shape index (κ2) is 6.04. The molecule has 1 aliphatic rings. The van der Waals surface area contributed by atoms with Gasteiger partial charge in [-0.1, -0.05) is 5.21 Å². The third kappa shape index (κ3) is 3.10. The smallest absolute Gasteiger partial charge is 0.277 e. The van der Waals surface area contributed by atoms with Crippen LogP contribution in [-0.4, -0.2) is 43.8 Å². The highest BCUT2D eigenvalue weighted by Gasteiger charge is 2.19. The van der Waals surface area contributed by atoms with Crippen molar-refractivity contribution >= 4 is 11.6 Å². The summed E-state index contributed by atoms with van der Waals surface area (Å²) in [4.78, 5) is 12.1. The van der Waals surface area contributed by atoms with Crippen molar-refractivity contribution in [2.24, 2.45) is 0 Å². The maximum Gasteiger partial charge on any atom is 0.277 e. The lowest BCUT2D eigenvalue weighted by molar-refractivity contribution is 0.102. The highest BCUT2D eigenvalue weighted by atomic mass is 16.2. The highest BCUT2D eigenvalue weighted by molar-refractivity contribution is 6.02. The van der Waals surface area contributed by atoms with Gasteiger partial charge in [0, 0.05) is 12.7 Å². The van der Waals surface area contributed by atoms with Crippen molar-refractivity contribution in [3.05, 3.63) is 24.3 Å². The summed E-state index contributed by atoms with van der Waals surface area (Å²) in [5.74, 6) is -0.258. The lowest BCUT2D eigenvalue weighted by Gasteiger charge is -2.22. The zero-order chi connectivity index (χ0) is 14.7. The first-order chi connectivity index (χ1) is 10.3. The highest BCUT2D eigenvalue weighted by Crippen LogP contribution is 2.17. The third-order valence-electron chi connectivity index (χ3n) is 3.64. The van der Waals surface area contributed by atoms with Gasteiger partial charge in [0.05, 0.1) is 24.1 Å². The summed E-state index contributed by atoms with van der Waals surface area (Å²) in [5, 5.41) is 18.2. The van der Waals surface area contributed by atoms with Crippen LogP contribution in [0.3, 0.4) is 0 Å². The van der Waals surface area contributed by atoms with Crippen molar-refractivity contribution < 1.29 is 4.79 Å². The summed E-state index contributed by atoms with van der Waals surface area (Å²) in [6.45, 7) is 4.70. The largest absolute Gasteiger partial charge is 0.318 e. The molecule has 0 spiro atoms. The summed E-state index contributed by atoms with van der Waals surface area (Å²) in [6.07, 6.45) is 7.14. The van der Waals surface area contributed by atoms with E-state index in [0.717, 1.165) is 32.5 Å². The van der Waals surface area contributed by atoms with Crippen LogP contribution in [0.1, 0.15) is 36.3 Å². The van der Waals surface area contributed by atoms with Gasteiger partial charge in [0.2, 0.25) is 0 Å². The number of anilines is 1. The van der Waals surface area contributed by atoms with Crippen LogP contribution in [0.15, 0.2) is 18.6 Å². The number of aryl methyl sites for hydroxylation is 1. The Labute approximate surface area is 122 Å². The molecule has 3 heterocycles. The Morgan fingerprint density at radius 1 is 1.43 bits per heavy atom. The fraction of sp³-hybridized carbons (Fsp3) is 0.538. The van der Waals surface area contributed by atoms with E-state index >= 15 is 0 Å². The summed E-state index contributed by atoms with van der Waals surface area (Å²) in [5.41, 5.74) is 0.996. The number of piperidine rings is 1.